The molecule has 0 bridgehead atoms. The molecule has 4 unspecified atom stereocenters. The van der Waals surface area contributed by atoms with Crippen molar-refractivity contribution in [3.63, 3.8) is 0 Å². The second kappa shape index (κ2) is 15.5. The Bertz CT molecular complexity index is 1010. The summed E-state index contributed by atoms with van der Waals surface area (Å²) in [6.07, 6.45) is 0.185. The summed E-state index contributed by atoms with van der Waals surface area (Å²) in [5.41, 5.74) is 11.1. The van der Waals surface area contributed by atoms with Crippen LogP contribution < -0.4 is 27.4 Å². The van der Waals surface area contributed by atoms with Crippen LogP contribution in [-0.2, 0) is 40.0 Å². The van der Waals surface area contributed by atoms with Gasteiger partial charge >= 0.3 is 17.9 Å². The van der Waals surface area contributed by atoms with Gasteiger partial charge in [-0.15, -0.1) is 0 Å². The molecule has 4 atom stereocenters. The third kappa shape index (κ3) is 11.9. The molecule has 1 heterocycles. The monoisotopic (exact) mass is 541 g/mol. The van der Waals surface area contributed by atoms with Gasteiger partial charge in [-0.2, -0.15) is 0 Å². The van der Waals surface area contributed by atoms with Crippen molar-refractivity contribution >= 4 is 41.5 Å². The van der Waals surface area contributed by atoms with E-state index >= 15 is 0 Å². The third-order valence-corrected chi connectivity index (χ3v) is 5.19. The number of hydrogen-bond acceptors (Lipinski definition) is 9. The number of rotatable bonds is 18. The Kier molecular flexibility index (Phi) is 12.9. The van der Waals surface area contributed by atoms with Gasteiger partial charge in [0.15, 0.2) is 0 Å². The quantitative estimate of drug-likeness (QED) is 0.0888. The predicted octanol–water partition coefficient (Wildman–Crippen LogP) is -3.19. The number of carboxylic acid groups (broad SMARTS) is 3. The average molecular weight is 542 g/mol. The maximum atomic E-state index is 13.0. The van der Waals surface area contributed by atoms with Crippen LogP contribution in [0.5, 0.6) is 0 Å². The SMILES string of the molecule is NC(=O)CCC(N)C(=O)NC(CCC(=O)O)C(=O)NC(Cc1cnc[nH]1)C(=O)NC(CCC(=O)O)C(=O)O. The average Bonchev–Trinajstić information content (AvgIpc) is 3.34. The lowest BCUT2D eigenvalue weighted by molar-refractivity contribution is -0.143. The molecule has 0 fully saturated rings. The highest BCUT2D eigenvalue weighted by Crippen LogP contribution is 2.06. The van der Waals surface area contributed by atoms with Crippen LogP contribution in [0.25, 0.3) is 0 Å². The molecule has 38 heavy (non-hydrogen) atoms. The minimum atomic E-state index is -1.58. The summed E-state index contributed by atoms with van der Waals surface area (Å²) in [6.45, 7) is 0. The highest BCUT2D eigenvalue weighted by Gasteiger charge is 2.31. The van der Waals surface area contributed by atoms with E-state index in [1.165, 1.54) is 12.5 Å². The fourth-order valence-electron chi connectivity index (χ4n) is 3.14. The normalized spacial score (nSPS) is 13.8. The fourth-order valence-corrected chi connectivity index (χ4v) is 3.14. The number of nitrogens with zero attached hydrogens (tertiary/aromatic N) is 1. The van der Waals surface area contributed by atoms with Gasteiger partial charge in [0, 0.05) is 37.6 Å². The number of imidazole rings is 1. The minimum absolute atomic E-state index is 0.133. The summed E-state index contributed by atoms with van der Waals surface area (Å²) in [7, 11) is 0. The first-order valence-corrected chi connectivity index (χ1v) is 11.4. The number of H-pyrrole nitrogens is 1. The number of carboxylic acids is 3. The first-order chi connectivity index (χ1) is 17.8. The number of aromatic amines is 1. The number of carbonyl (C=O) groups is 7. The fraction of sp³-hybridized carbons (Fsp3) is 0.524. The molecule has 1 aromatic rings. The van der Waals surface area contributed by atoms with Gasteiger partial charge < -0.3 is 47.7 Å². The molecule has 0 saturated carbocycles. The molecule has 4 amide bonds. The lowest BCUT2D eigenvalue weighted by atomic mass is 10.1. The smallest absolute Gasteiger partial charge is 0.326 e. The van der Waals surface area contributed by atoms with Crippen molar-refractivity contribution in [1.82, 2.24) is 25.9 Å². The molecule has 0 radical (unpaired) electrons. The number of primary amides is 1. The van der Waals surface area contributed by atoms with Crippen LogP contribution >= 0.6 is 0 Å². The summed E-state index contributed by atoms with van der Waals surface area (Å²) < 4.78 is 0. The van der Waals surface area contributed by atoms with Crippen LogP contribution in [0, 0.1) is 0 Å². The summed E-state index contributed by atoms with van der Waals surface area (Å²) in [5, 5.41) is 34.0. The molecule has 0 spiro atoms. The number of nitrogens with one attached hydrogen (secondary N) is 4. The van der Waals surface area contributed by atoms with Crippen molar-refractivity contribution in [2.24, 2.45) is 11.5 Å². The van der Waals surface area contributed by atoms with E-state index in [1.54, 1.807) is 0 Å². The lowest BCUT2D eigenvalue weighted by Gasteiger charge is -2.25. The Labute approximate surface area is 215 Å². The van der Waals surface area contributed by atoms with Gasteiger partial charge in [0.2, 0.25) is 23.6 Å². The van der Waals surface area contributed by atoms with Crippen LogP contribution in [-0.4, -0.2) is 91.0 Å². The van der Waals surface area contributed by atoms with E-state index in [1.807, 2.05) is 0 Å². The van der Waals surface area contributed by atoms with Crippen LogP contribution in [0.15, 0.2) is 12.5 Å². The highest BCUT2D eigenvalue weighted by atomic mass is 16.4. The summed E-state index contributed by atoms with van der Waals surface area (Å²) in [5.74, 6) is -7.58. The topological polar surface area (TPSA) is 297 Å². The second-order valence-corrected chi connectivity index (χ2v) is 8.28. The van der Waals surface area contributed by atoms with Crippen LogP contribution in [0.4, 0.5) is 0 Å². The van der Waals surface area contributed by atoms with Crippen LogP contribution in [0.2, 0.25) is 0 Å². The van der Waals surface area contributed by atoms with Gasteiger partial charge in [-0.05, 0) is 19.3 Å². The Hall–Kier alpha value is -4.54. The largest absolute Gasteiger partial charge is 0.481 e. The highest BCUT2D eigenvalue weighted by molar-refractivity contribution is 5.94. The number of nitrogens with two attached hydrogens (primary N) is 2. The third-order valence-electron chi connectivity index (χ3n) is 5.19. The zero-order valence-electron chi connectivity index (χ0n) is 20.2. The number of hydrogen-bond donors (Lipinski definition) is 9. The van der Waals surface area contributed by atoms with Crippen molar-refractivity contribution in [3.8, 4) is 0 Å². The van der Waals surface area contributed by atoms with Crippen molar-refractivity contribution in [2.75, 3.05) is 0 Å². The van der Waals surface area contributed by atoms with Gasteiger partial charge in [0.05, 0.1) is 12.4 Å². The molecular weight excluding hydrogens is 510 g/mol. The Balaban J connectivity index is 3.07. The maximum absolute atomic E-state index is 13.0. The number of aromatic nitrogens is 2. The molecule has 0 aliphatic rings. The lowest BCUT2D eigenvalue weighted by Crippen LogP contribution is -2.57. The first-order valence-electron chi connectivity index (χ1n) is 11.4. The van der Waals surface area contributed by atoms with Gasteiger partial charge in [-0.1, -0.05) is 0 Å². The molecule has 0 aliphatic carbocycles. The molecule has 0 aromatic carbocycles. The summed E-state index contributed by atoms with van der Waals surface area (Å²) in [4.78, 5) is 89.2. The first kappa shape index (κ1) is 31.5. The maximum Gasteiger partial charge on any atom is 0.326 e. The zero-order chi connectivity index (χ0) is 28.8. The van der Waals surface area contributed by atoms with Gasteiger partial charge in [-0.25, -0.2) is 9.78 Å². The molecule has 0 aliphatic heterocycles. The van der Waals surface area contributed by atoms with Gasteiger partial charge in [-0.3, -0.25) is 28.8 Å². The number of aliphatic carboxylic acids is 3. The van der Waals surface area contributed by atoms with Gasteiger partial charge in [0.1, 0.15) is 18.1 Å². The molecule has 210 valence electrons. The Morgan fingerprint density at radius 1 is 0.789 bits per heavy atom. The van der Waals surface area contributed by atoms with Crippen molar-refractivity contribution < 1.29 is 48.9 Å². The predicted molar refractivity (Wildman–Crippen MR) is 126 cm³/mol. The van der Waals surface area contributed by atoms with E-state index in [2.05, 4.69) is 25.9 Å². The number of carbonyl (C=O) groups excluding carboxylic acids is 4. The standard InChI is InChI=1S/C21H31N7O10/c22-11(1-4-15(23)29)18(34)26-12(2-5-16(30)31)19(35)28-14(7-10-8-24-9-25-10)20(36)27-13(21(37)38)3-6-17(32)33/h8-9,11-14H,1-7,22H2,(H2,23,29)(H,24,25)(H,26,34)(H,27,36)(H,28,35)(H,30,31)(H,32,33)(H,37,38). The molecule has 0 saturated heterocycles. The van der Waals surface area contributed by atoms with E-state index in [0.29, 0.717) is 5.69 Å². The van der Waals surface area contributed by atoms with E-state index in [-0.39, 0.29) is 25.7 Å². The van der Waals surface area contributed by atoms with Crippen molar-refractivity contribution in [2.45, 2.75) is 69.1 Å². The number of amides is 4. The van der Waals surface area contributed by atoms with E-state index in [0.717, 1.165) is 0 Å². The molecule has 1 rings (SSSR count). The molecule has 17 nitrogen and oxygen atoms in total. The molecule has 11 N–H and O–H groups in total. The van der Waals surface area contributed by atoms with E-state index in [4.69, 9.17) is 21.7 Å². The van der Waals surface area contributed by atoms with Crippen LogP contribution in [0.1, 0.15) is 44.2 Å². The van der Waals surface area contributed by atoms with Crippen molar-refractivity contribution in [1.29, 1.82) is 0 Å². The van der Waals surface area contributed by atoms with Gasteiger partial charge in [0.25, 0.3) is 0 Å². The second-order valence-electron chi connectivity index (χ2n) is 8.28. The minimum Gasteiger partial charge on any atom is -0.481 e. The molecular formula is C21H31N7O10. The van der Waals surface area contributed by atoms with E-state index < -0.39 is 85.0 Å². The summed E-state index contributed by atoms with van der Waals surface area (Å²) in [6, 6.07) is -5.71. The van der Waals surface area contributed by atoms with Crippen LogP contribution in [0.3, 0.4) is 0 Å². The molecule has 17 heteroatoms. The Morgan fingerprint density at radius 2 is 1.32 bits per heavy atom. The zero-order valence-corrected chi connectivity index (χ0v) is 20.2. The Morgan fingerprint density at radius 3 is 1.82 bits per heavy atom. The van der Waals surface area contributed by atoms with E-state index in [9.17, 15) is 38.7 Å². The van der Waals surface area contributed by atoms with Crippen molar-refractivity contribution in [3.05, 3.63) is 18.2 Å². The molecule has 1 aromatic heterocycles. The summed E-state index contributed by atoms with van der Waals surface area (Å²) >= 11 is 0.